The standard InChI is InChI=1S/C17H21N7/c1-24-17-12(8-21-24)6-11(7-20-17)15-9-19-10-16(23-15)22-14-4-2-13(18)3-5-14/h6-10,13-14H,2-5,18H2,1H3,(H,22,23). The Balaban J connectivity index is 1.57. The molecular formula is C17H21N7. The third-order valence-electron chi connectivity index (χ3n) is 4.63. The minimum atomic E-state index is 0.345. The summed E-state index contributed by atoms with van der Waals surface area (Å²) in [6.45, 7) is 0. The first kappa shape index (κ1) is 15.0. The fourth-order valence-electron chi connectivity index (χ4n) is 3.23. The van der Waals surface area contributed by atoms with E-state index >= 15 is 0 Å². The molecule has 0 aromatic carbocycles. The van der Waals surface area contributed by atoms with Gasteiger partial charge in [0.2, 0.25) is 0 Å². The van der Waals surface area contributed by atoms with Gasteiger partial charge in [-0.1, -0.05) is 0 Å². The fourth-order valence-corrected chi connectivity index (χ4v) is 3.23. The number of aromatic nitrogens is 5. The summed E-state index contributed by atoms with van der Waals surface area (Å²) in [4.78, 5) is 13.5. The number of anilines is 1. The van der Waals surface area contributed by atoms with Gasteiger partial charge >= 0.3 is 0 Å². The molecule has 3 aromatic heterocycles. The number of fused-ring (bicyclic) bond motifs is 1. The van der Waals surface area contributed by atoms with Gasteiger partial charge in [-0.2, -0.15) is 5.10 Å². The Hall–Kier alpha value is -2.54. The van der Waals surface area contributed by atoms with Crippen molar-refractivity contribution in [1.29, 1.82) is 0 Å². The highest BCUT2D eigenvalue weighted by Gasteiger charge is 2.18. The smallest absolute Gasteiger partial charge is 0.157 e. The van der Waals surface area contributed by atoms with Crippen LogP contribution in [0.15, 0.2) is 30.9 Å². The normalized spacial score (nSPS) is 21.1. The molecule has 0 radical (unpaired) electrons. The Morgan fingerprint density at radius 3 is 2.79 bits per heavy atom. The first-order valence-corrected chi connectivity index (χ1v) is 8.31. The lowest BCUT2D eigenvalue weighted by atomic mass is 9.92. The topological polar surface area (TPSA) is 94.5 Å². The SMILES string of the molecule is Cn1ncc2cc(-c3cncc(NC4CCC(N)CC4)n3)cnc21. The summed E-state index contributed by atoms with van der Waals surface area (Å²) >= 11 is 0. The van der Waals surface area contributed by atoms with Crippen molar-refractivity contribution >= 4 is 16.9 Å². The summed E-state index contributed by atoms with van der Waals surface area (Å²) in [5.74, 6) is 0.805. The molecule has 1 aliphatic carbocycles. The maximum atomic E-state index is 5.97. The summed E-state index contributed by atoms with van der Waals surface area (Å²) in [5, 5.41) is 8.71. The highest BCUT2D eigenvalue weighted by atomic mass is 15.3. The summed E-state index contributed by atoms with van der Waals surface area (Å²) < 4.78 is 1.76. The van der Waals surface area contributed by atoms with E-state index in [9.17, 15) is 0 Å². The predicted molar refractivity (Wildman–Crippen MR) is 93.4 cm³/mol. The minimum Gasteiger partial charge on any atom is -0.366 e. The van der Waals surface area contributed by atoms with Crippen molar-refractivity contribution < 1.29 is 0 Å². The maximum Gasteiger partial charge on any atom is 0.157 e. The molecule has 1 aliphatic rings. The predicted octanol–water partition coefficient (Wildman–Crippen LogP) is 2.11. The van der Waals surface area contributed by atoms with Gasteiger partial charge in [0.15, 0.2) is 5.65 Å². The molecule has 3 N–H and O–H groups in total. The van der Waals surface area contributed by atoms with Crippen LogP contribution in [0, 0.1) is 0 Å². The van der Waals surface area contributed by atoms with Crippen LogP contribution in [0.1, 0.15) is 25.7 Å². The van der Waals surface area contributed by atoms with Gasteiger partial charge in [0.25, 0.3) is 0 Å². The second-order valence-corrected chi connectivity index (χ2v) is 6.45. The first-order chi connectivity index (χ1) is 11.7. The van der Waals surface area contributed by atoms with E-state index in [2.05, 4.69) is 20.4 Å². The van der Waals surface area contributed by atoms with Crippen molar-refractivity contribution in [1.82, 2.24) is 24.7 Å². The van der Waals surface area contributed by atoms with Gasteiger partial charge in [-0.25, -0.2) is 9.97 Å². The van der Waals surface area contributed by atoms with Crippen molar-refractivity contribution in [3.63, 3.8) is 0 Å². The maximum absolute atomic E-state index is 5.97. The van der Waals surface area contributed by atoms with E-state index in [1.54, 1.807) is 17.1 Å². The van der Waals surface area contributed by atoms with Crippen LogP contribution >= 0.6 is 0 Å². The number of aryl methyl sites for hydroxylation is 1. The van der Waals surface area contributed by atoms with E-state index in [0.29, 0.717) is 12.1 Å². The minimum absolute atomic E-state index is 0.345. The van der Waals surface area contributed by atoms with Crippen LogP contribution in [0.5, 0.6) is 0 Å². The van der Waals surface area contributed by atoms with Crippen molar-refractivity contribution in [3.05, 3.63) is 30.9 Å². The monoisotopic (exact) mass is 323 g/mol. The fraction of sp³-hybridized carbons (Fsp3) is 0.412. The van der Waals surface area contributed by atoms with Crippen molar-refractivity contribution in [2.24, 2.45) is 12.8 Å². The molecule has 1 saturated carbocycles. The molecule has 124 valence electrons. The molecule has 0 spiro atoms. The highest BCUT2D eigenvalue weighted by Crippen LogP contribution is 2.23. The van der Waals surface area contributed by atoms with E-state index in [0.717, 1.165) is 53.8 Å². The van der Waals surface area contributed by atoms with Crippen molar-refractivity contribution in [3.8, 4) is 11.3 Å². The molecule has 0 aliphatic heterocycles. The molecule has 24 heavy (non-hydrogen) atoms. The quantitative estimate of drug-likeness (QED) is 0.766. The Morgan fingerprint density at radius 1 is 1.12 bits per heavy atom. The Bertz CT molecular complexity index is 849. The van der Waals surface area contributed by atoms with Gasteiger partial charge in [-0.3, -0.25) is 9.67 Å². The molecule has 3 heterocycles. The van der Waals surface area contributed by atoms with Gasteiger partial charge in [0, 0.05) is 36.3 Å². The zero-order chi connectivity index (χ0) is 16.5. The molecule has 1 fully saturated rings. The molecule has 0 saturated heterocycles. The summed E-state index contributed by atoms with van der Waals surface area (Å²) in [7, 11) is 1.88. The van der Waals surface area contributed by atoms with Crippen LogP contribution in [0.2, 0.25) is 0 Å². The number of nitrogens with one attached hydrogen (secondary N) is 1. The van der Waals surface area contributed by atoms with Crippen molar-refractivity contribution in [2.75, 3.05) is 5.32 Å². The van der Waals surface area contributed by atoms with Gasteiger partial charge < -0.3 is 11.1 Å². The third-order valence-corrected chi connectivity index (χ3v) is 4.63. The second-order valence-electron chi connectivity index (χ2n) is 6.45. The van der Waals surface area contributed by atoms with Gasteiger partial charge in [0.1, 0.15) is 5.82 Å². The van der Waals surface area contributed by atoms with Gasteiger partial charge in [-0.15, -0.1) is 0 Å². The number of nitrogens with two attached hydrogens (primary N) is 1. The van der Waals surface area contributed by atoms with Crippen LogP contribution < -0.4 is 11.1 Å². The second kappa shape index (κ2) is 6.16. The van der Waals surface area contributed by atoms with Crippen LogP contribution in [0.25, 0.3) is 22.3 Å². The summed E-state index contributed by atoms with van der Waals surface area (Å²) in [5.41, 5.74) is 8.58. The van der Waals surface area contributed by atoms with Gasteiger partial charge in [0.05, 0.1) is 24.3 Å². The summed E-state index contributed by atoms with van der Waals surface area (Å²) in [6.07, 6.45) is 11.4. The molecule has 0 amide bonds. The highest BCUT2D eigenvalue weighted by molar-refractivity contribution is 5.79. The first-order valence-electron chi connectivity index (χ1n) is 8.31. The Morgan fingerprint density at radius 2 is 1.96 bits per heavy atom. The molecule has 7 heteroatoms. The molecule has 4 rings (SSSR count). The average Bonchev–Trinajstić information content (AvgIpc) is 2.98. The van der Waals surface area contributed by atoms with E-state index in [-0.39, 0.29) is 0 Å². The number of pyridine rings is 1. The van der Waals surface area contributed by atoms with E-state index < -0.39 is 0 Å². The van der Waals surface area contributed by atoms with Crippen LogP contribution in [-0.2, 0) is 7.05 Å². The van der Waals surface area contributed by atoms with Crippen LogP contribution in [0.4, 0.5) is 5.82 Å². The van der Waals surface area contributed by atoms with E-state index in [4.69, 9.17) is 10.7 Å². The summed E-state index contributed by atoms with van der Waals surface area (Å²) in [6, 6.07) is 2.81. The van der Waals surface area contributed by atoms with E-state index in [1.165, 1.54) is 0 Å². The lowest BCUT2D eigenvalue weighted by molar-refractivity contribution is 0.410. The molecule has 0 bridgehead atoms. The Kier molecular flexibility index (Phi) is 3.86. The lowest BCUT2D eigenvalue weighted by Gasteiger charge is -2.27. The van der Waals surface area contributed by atoms with Crippen LogP contribution in [0.3, 0.4) is 0 Å². The largest absolute Gasteiger partial charge is 0.366 e. The Labute approximate surface area is 140 Å². The zero-order valence-electron chi connectivity index (χ0n) is 13.7. The van der Waals surface area contributed by atoms with E-state index in [1.807, 2.05) is 25.5 Å². The molecule has 0 unspecified atom stereocenters. The molecule has 3 aromatic rings. The molecule has 0 atom stereocenters. The number of nitrogens with zero attached hydrogens (tertiary/aromatic N) is 5. The zero-order valence-corrected chi connectivity index (χ0v) is 13.7. The molecular weight excluding hydrogens is 302 g/mol. The average molecular weight is 323 g/mol. The van der Waals surface area contributed by atoms with Crippen LogP contribution in [-0.4, -0.2) is 36.8 Å². The number of hydrogen-bond acceptors (Lipinski definition) is 6. The lowest BCUT2D eigenvalue weighted by Crippen LogP contribution is -2.33. The number of hydrogen-bond donors (Lipinski definition) is 2. The van der Waals surface area contributed by atoms with Gasteiger partial charge in [-0.05, 0) is 31.7 Å². The van der Waals surface area contributed by atoms with Crippen molar-refractivity contribution in [2.45, 2.75) is 37.8 Å². The third kappa shape index (κ3) is 2.94. The molecule has 7 nitrogen and oxygen atoms in total. The number of rotatable bonds is 3.